The van der Waals surface area contributed by atoms with Crippen LogP contribution in [0.25, 0.3) is 0 Å². The van der Waals surface area contributed by atoms with Crippen molar-refractivity contribution in [2.45, 2.75) is 31.5 Å². The van der Waals surface area contributed by atoms with Gasteiger partial charge in [-0.05, 0) is 30.0 Å². The Labute approximate surface area is 189 Å². The first-order valence-corrected chi connectivity index (χ1v) is 11.5. The van der Waals surface area contributed by atoms with Crippen LogP contribution in [0.15, 0.2) is 54.9 Å². The molecular formula is C25H31N5O2. The van der Waals surface area contributed by atoms with Crippen molar-refractivity contribution in [1.82, 2.24) is 25.0 Å². The minimum atomic E-state index is -0.137. The number of urea groups is 1. The number of likely N-dealkylation sites (tertiary alicyclic amines) is 3. The highest BCUT2D eigenvalue weighted by Gasteiger charge is 2.60. The third-order valence-electron chi connectivity index (χ3n) is 7.73. The smallest absolute Gasteiger partial charge is 0.317 e. The molecule has 1 aromatic carbocycles. The second-order valence-electron chi connectivity index (χ2n) is 9.40. The predicted molar refractivity (Wildman–Crippen MR) is 121 cm³/mol. The SMILES string of the molecule is CN1C(=O)[C@@H]2CN(Cc3cccnc3)C[C@@H]2C12CCN(C(=O)NCc1ccccc1)CC2. The lowest BCUT2D eigenvalue weighted by Crippen LogP contribution is -2.57. The molecule has 1 spiro atoms. The van der Waals surface area contributed by atoms with Gasteiger partial charge in [-0.2, -0.15) is 0 Å². The van der Waals surface area contributed by atoms with Gasteiger partial charge in [0.05, 0.1) is 11.5 Å². The fraction of sp³-hybridized carbons (Fsp3) is 0.480. The van der Waals surface area contributed by atoms with E-state index in [1.54, 1.807) is 6.20 Å². The van der Waals surface area contributed by atoms with E-state index < -0.39 is 0 Å². The van der Waals surface area contributed by atoms with E-state index >= 15 is 0 Å². The summed E-state index contributed by atoms with van der Waals surface area (Å²) in [6.07, 6.45) is 5.38. The van der Waals surface area contributed by atoms with Crippen molar-refractivity contribution >= 4 is 11.9 Å². The molecule has 3 saturated heterocycles. The van der Waals surface area contributed by atoms with E-state index in [1.165, 1.54) is 5.56 Å². The molecule has 3 amide bonds. The molecule has 32 heavy (non-hydrogen) atoms. The molecule has 0 bridgehead atoms. The van der Waals surface area contributed by atoms with Crippen molar-refractivity contribution in [3.63, 3.8) is 0 Å². The summed E-state index contributed by atoms with van der Waals surface area (Å²) in [6, 6.07) is 14.0. The Kier molecular flexibility index (Phi) is 5.59. The molecule has 1 N–H and O–H groups in total. The zero-order chi connectivity index (χ0) is 22.1. The Balaban J connectivity index is 1.21. The van der Waals surface area contributed by atoms with Gasteiger partial charge in [0.1, 0.15) is 0 Å². The number of carbonyl (C=O) groups excluding carboxylic acids is 2. The zero-order valence-electron chi connectivity index (χ0n) is 18.6. The molecule has 5 rings (SSSR count). The second-order valence-corrected chi connectivity index (χ2v) is 9.40. The molecule has 168 valence electrons. The number of fused-ring (bicyclic) bond motifs is 2. The van der Waals surface area contributed by atoms with E-state index in [0.29, 0.717) is 25.6 Å². The maximum atomic E-state index is 13.1. The first-order chi connectivity index (χ1) is 15.6. The summed E-state index contributed by atoms with van der Waals surface area (Å²) in [7, 11) is 1.97. The normalized spacial score (nSPS) is 24.7. The van der Waals surface area contributed by atoms with Gasteiger partial charge >= 0.3 is 6.03 Å². The number of carbonyl (C=O) groups is 2. The van der Waals surface area contributed by atoms with Gasteiger partial charge in [-0.3, -0.25) is 14.7 Å². The Bertz CT molecular complexity index is 959. The molecule has 1 aromatic heterocycles. The molecule has 0 aliphatic carbocycles. The topological polar surface area (TPSA) is 68.8 Å². The van der Waals surface area contributed by atoms with Gasteiger partial charge in [-0.25, -0.2) is 4.79 Å². The molecule has 3 aliphatic heterocycles. The molecule has 7 heteroatoms. The van der Waals surface area contributed by atoms with Gasteiger partial charge in [0.25, 0.3) is 0 Å². The first kappa shape index (κ1) is 20.9. The highest BCUT2D eigenvalue weighted by molar-refractivity contribution is 5.84. The van der Waals surface area contributed by atoms with E-state index in [0.717, 1.165) is 38.0 Å². The van der Waals surface area contributed by atoms with Crippen LogP contribution in [0, 0.1) is 11.8 Å². The van der Waals surface area contributed by atoms with E-state index in [1.807, 2.05) is 59.4 Å². The van der Waals surface area contributed by atoms with Crippen LogP contribution in [-0.2, 0) is 17.9 Å². The molecule has 4 heterocycles. The molecular weight excluding hydrogens is 402 g/mol. The minimum Gasteiger partial charge on any atom is -0.339 e. The van der Waals surface area contributed by atoms with Gasteiger partial charge in [0.15, 0.2) is 0 Å². The summed E-state index contributed by atoms with van der Waals surface area (Å²) >= 11 is 0. The number of nitrogens with one attached hydrogen (secondary N) is 1. The van der Waals surface area contributed by atoms with Crippen LogP contribution in [0.3, 0.4) is 0 Å². The summed E-state index contributed by atoms with van der Waals surface area (Å²) in [5.74, 6) is 0.659. The lowest BCUT2D eigenvalue weighted by molar-refractivity contribution is -0.133. The highest BCUT2D eigenvalue weighted by atomic mass is 16.2. The van der Waals surface area contributed by atoms with E-state index in [2.05, 4.69) is 21.3 Å². The number of amides is 3. The molecule has 3 fully saturated rings. The van der Waals surface area contributed by atoms with Crippen molar-refractivity contribution in [3.8, 4) is 0 Å². The number of pyridine rings is 1. The number of rotatable bonds is 4. The molecule has 0 radical (unpaired) electrons. The number of nitrogens with zero attached hydrogens (tertiary/aromatic N) is 4. The van der Waals surface area contributed by atoms with Gasteiger partial charge in [0, 0.05) is 64.6 Å². The van der Waals surface area contributed by atoms with Crippen molar-refractivity contribution in [3.05, 3.63) is 66.0 Å². The van der Waals surface area contributed by atoms with Crippen LogP contribution in [0.1, 0.15) is 24.0 Å². The van der Waals surface area contributed by atoms with Crippen LogP contribution in [-0.4, -0.2) is 70.4 Å². The number of benzene rings is 1. The molecule has 3 aliphatic rings. The Morgan fingerprint density at radius 2 is 1.84 bits per heavy atom. The van der Waals surface area contributed by atoms with E-state index in [-0.39, 0.29) is 23.4 Å². The maximum Gasteiger partial charge on any atom is 0.317 e. The largest absolute Gasteiger partial charge is 0.339 e. The third-order valence-corrected chi connectivity index (χ3v) is 7.73. The highest BCUT2D eigenvalue weighted by Crippen LogP contribution is 2.49. The predicted octanol–water partition coefficient (Wildman–Crippen LogP) is 2.35. The second kappa shape index (κ2) is 8.54. The molecule has 7 nitrogen and oxygen atoms in total. The average molecular weight is 434 g/mol. The van der Waals surface area contributed by atoms with Crippen molar-refractivity contribution in [2.24, 2.45) is 11.8 Å². The summed E-state index contributed by atoms with van der Waals surface area (Å²) < 4.78 is 0. The van der Waals surface area contributed by atoms with Gasteiger partial charge in [-0.15, -0.1) is 0 Å². The summed E-state index contributed by atoms with van der Waals surface area (Å²) in [6.45, 7) is 4.48. The van der Waals surface area contributed by atoms with E-state index in [9.17, 15) is 9.59 Å². The number of piperidine rings is 1. The third kappa shape index (κ3) is 3.75. The van der Waals surface area contributed by atoms with Crippen LogP contribution in [0.2, 0.25) is 0 Å². The number of hydrogen-bond acceptors (Lipinski definition) is 4. The summed E-state index contributed by atoms with van der Waals surface area (Å²) in [5, 5.41) is 3.04. The van der Waals surface area contributed by atoms with Crippen molar-refractivity contribution in [2.75, 3.05) is 33.2 Å². The lowest BCUT2D eigenvalue weighted by Gasteiger charge is -2.46. The van der Waals surface area contributed by atoms with E-state index in [4.69, 9.17) is 0 Å². The number of aromatic nitrogens is 1. The average Bonchev–Trinajstić information content (AvgIpc) is 3.33. The van der Waals surface area contributed by atoms with Gasteiger partial charge < -0.3 is 15.1 Å². The minimum absolute atomic E-state index is 0.0168. The van der Waals surface area contributed by atoms with Crippen molar-refractivity contribution < 1.29 is 9.59 Å². The van der Waals surface area contributed by atoms with Crippen molar-refractivity contribution in [1.29, 1.82) is 0 Å². The lowest BCUT2D eigenvalue weighted by atomic mass is 9.75. The van der Waals surface area contributed by atoms with Crippen LogP contribution in [0.5, 0.6) is 0 Å². The number of hydrogen-bond donors (Lipinski definition) is 1. The summed E-state index contributed by atoms with van der Waals surface area (Å²) in [5.41, 5.74) is 2.15. The fourth-order valence-electron chi connectivity index (χ4n) is 5.96. The quantitative estimate of drug-likeness (QED) is 0.804. The molecule has 0 saturated carbocycles. The van der Waals surface area contributed by atoms with Gasteiger partial charge in [0.2, 0.25) is 5.91 Å². The standard InChI is InChI=1S/C25H31N5O2/c1-28-23(31)21-17-29(16-20-8-5-11-26-14-20)18-22(21)25(28)9-12-30(13-10-25)24(32)27-15-19-6-3-2-4-7-19/h2-8,11,14,21-22H,9-10,12-13,15-18H2,1H3,(H,27,32)/t21-,22+/m1/s1. The Hall–Kier alpha value is -2.93. The fourth-order valence-corrected chi connectivity index (χ4v) is 5.96. The van der Waals surface area contributed by atoms with Crippen LogP contribution in [0.4, 0.5) is 4.79 Å². The zero-order valence-corrected chi connectivity index (χ0v) is 18.6. The maximum absolute atomic E-state index is 13.1. The van der Waals surface area contributed by atoms with Crippen LogP contribution >= 0.6 is 0 Å². The Morgan fingerprint density at radius 3 is 2.56 bits per heavy atom. The molecule has 0 unspecified atom stereocenters. The molecule has 2 aromatic rings. The summed E-state index contributed by atoms with van der Waals surface area (Å²) in [4.78, 5) is 36.4. The van der Waals surface area contributed by atoms with Crippen LogP contribution < -0.4 is 5.32 Å². The first-order valence-electron chi connectivity index (χ1n) is 11.5. The van der Waals surface area contributed by atoms with Gasteiger partial charge in [-0.1, -0.05) is 36.4 Å². The monoisotopic (exact) mass is 433 g/mol. The Morgan fingerprint density at radius 1 is 1.09 bits per heavy atom. The molecule has 2 atom stereocenters.